The normalized spacial score (nSPS) is 29.1. The summed E-state index contributed by atoms with van der Waals surface area (Å²) in [5, 5.41) is 14.9. The van der Waals surface area contributed by atoms with Crippen LogP contribution < -0.4 is 10.2 Å². The molecule has 1 heterocycles. The maximum atomic E-state index is 12.2. The molecule has 4 atom stereocenters. The van der Waals surface area contributed by atoms with Crippen molar-refractivity contribution in [2.45, 2.75) is 52.5 Å². The summed E-state index contributed by atoms with van der Waals surface area (Å²) in [6.07, 6.45) is 3.40. The van der Waals surface area contributed by atoms with E-state index < -0.39 is 4.92 Å². The highest BCUT2D eigenvalue weighted by Crippen LogP contribution is 2.37. The van der Waals surface area contributed by atoms with E-state index >= 15 is 0 Å². The smallest absolute Gasteiger partial charge is 0.294 e. The fraction of sp³-hybridized carbons (Fsp3) is 0.579. The van der Waals surface area contributed by atoms with Crippen molar-refractivity contribution in [2.75, 3.05) is 10.2 Å². The van der Waals surface area contributed by atoms with Crippen LogP contribution >= 0.6 is 0 Å². The minimum Gasteiger partial charge on any atom is -0.376 e. The first-order valence-corrected chi connectivity index (χ1v) is 9.21. The van der Waals surface area contributed by atoms with E-state index in [1.807, 2.05) is 0 Å². The predicted octanol–water partition coefficient (Wildman–Crippen LogP) is 3.73. The highest BCUT2D eigenvalue weighted by molar-refractivity contribution is 6.21. The van der Waals surface area contributed by atoms with Gasteiger partial charge in [-0.1, -0.05) is 33.6 Å². The van der Waals surface area contributed by atoms with E-state index in [9.17, 15) is 19.7 Å². The van der Waals surface area contributed by atoms with E-state index in [1.54, 1.807) is 19.1 Å². The van der Waals surface area contributed by atoms with Crippen molar-refractivity contribution in [3.8, 4) is 0 Å². The Morgan fingerprint density at radius 3 is 2.54 bits per heavy atom. The van der Waals surface area contributed by atoms with Crippen molar-refractivity contribution >= 4 is 28.9 Å². The third kappa shape index (κ3) is 3.30. The number of hydrogen-bond donors (Lipinski definition) is 1. The molecule has 1 saturated heterocycles. The SMILES string of the molecule is C[C@H]1[C@H](C)CCC[C@H]1Nc1ccc(N2C(=O)C[C@@H](C)C2=O)cc1[N+](=O)[O-]. The molecule has 140 valence electrons. The number of benzene rings is 1. The van der Waals surface area contributed by atoms with Gasteiger partial charge >= 0.3 is 0 Å². The number of nitro groups is 1. The molecule has 0 spiro atoms. The maximum absolute atomic E-state index is 12.2. The lowest BCUT2D eigenvalue weighted by Crippen LogP contribution is -2.35. The highest BCUT2D eigenvalue weighted by Gasteiger charge is 2.37. The van der Waals surface area contributed by atoms with E-state index in [-0.39, 0.29) is 41.6 Å². The van der Waals surface area contributed by atoms with Crippen molar-refractivity contribution in [2.24, 2.45) is 17.8 Å². The topological polar surface area (TPSA) is 92.6 Å². The molecule has 26 heavy (non-hydrogen) atoms. The van der Waals surface area contributed by atoms with Crippen molar-refractivity contribution in [3.05, 3.63) is 28.3 Å². The van der Waals surface area contributed by atoms with Crippen molar-refractivity contribution < 1.29 is 14.5 Å². The monoisotopic (exact) mass is 359 g/mol. The zero-order valence-electron chi connectivity index (χ0n) is 15.4. The zero-order valence-corrected chi connectivity index (χ0v) is 15.4. The lowest BCUT2D eigenvalue weighted by Gasteiger charge is -2.35. The van der Waals surface area contributed by atoms with E-state index in [2.05, 4.69) is 19.2 Å². The van der Waals surface area contributed by atoms with Crippen LogP contribution in [0.2, 0.25) is 0 Å². The Morgan fingerprint density at radius 1 is 1.19 bits per heavy atom. The van der Waals surface area contributed by atoms with Crippen LogP contribution in [0.5, 0.6) is 0 Å². The molecular formula is C19H25N3O4. The Bertz CT molecular complexity index is 748. The Kier molecular flexibility index (Phi) is 4.98. The van der Waals surface area contributed by atoms with Crippen LogP contribution in [0.4, 0.5) is 17.1 Å². The van der Waals surface area contributed by atoms with Gasteiger partial charge in [0.15, 0.2) is 0 Å². The quantitative estimate of drug-likeness (QED) is 0.502. The third-order valence-electron chi connectivity index (χ3n) is 5.86. The summed E-state index contributed by atoms with van der Waals surface area (Å²) in [6.45, 7) is 6.07. The Balaban J connectivity index is 1.89. The van der Waals surface area contributed by atoms with Gasteiger partial charge in [0.05, 0.1) is 10.6 Å². The summed E-state index contributed by atoms with van der Waals surface area (Å²) in [5.41, 5.74) is 0.608. The molecule has 1 saturated carbocycles. The first-order valence-electron chi connectivity index (χ1n) is 9.21. The minimum atomic E-state index is -0.461. The first kappa shape index (κ1) is 18.4. The van der Waals surface area contributed by atoms with E-state index in [1.165, 1.54) is 12.5 Å². The van der Waals surface area contributed by atoms with E-state index in [0.29, 0.717) is 17.5 Å². The van der Waals surface area contributed by atoms with Gasteiger partial charge < -0.3 is 5.32 Å². The van der Waals surface area contributed by atoms with Gasteiger partial charge in [-0.2, -0.15) is 0 Å². The summed E-state index contributed by atoms with van der Waals surface area (Å²) in [7, 11) is 0. The number of anilines is 2. The Hall–Kier alpha value is -2.44. The maximum Gasteiger partial charge on any atom is 0.294 e. The van der Waals surface area contributed by atoms with Crippen molar-refractivity contribution in [1.82, 2.24) is 0 Å². The zero-order chi connectivity index (χ0) is 19.0. The van der Waals surface area contributed by atoms with Crippen LogP contribution in [0.3, 0.4) is 0 Å². The van der Waals surface area contributed by atoms with Crippen molar-refractivity contribution in [1.29, 1.82) is 0 Å². The molecule has 0 unspecified atom stereocenters. The number of nitrogens with one attached hydrogen (secondary N) is 1. The van der Waals surface area contributed by atoms with Gasteiger partial charge in [-0.05, 0) is 30.4 Å². The van der Waals surface area contributed by atoms with Crippen molar-refractivity contribution in [3.63, 3.8) is 0 Å². The van der Waals surface area contributed by atoms with E-state index in [4.69, 9.17) is 0 Å². The van der Waals surface area contributed by atoms with Crippen LogP contribution in [-0.4, -0.2) is 22.8 Å². The number of rotatable bonds is 4. The number of imide groups is 1. The molecule has 7 nitrogen and oxygen atoms in total. The lowest BCUT2D eigenvalue weighted by atomic mass is 9.78. The minimum absolute atomic E-state index is 0.104. The molecule has 0 aromatic heterocycles. The second kappa shape index (κ2) is 7.05. The summed E-state index contributed by atoms with van der Waals surface area (Å²) in [4.78, 5) is 36.5. The van der Waals surface area contributed by atoms with Gasteiger partial charge in [-0.3, -0.25) is 24.6 Å². The lowest BCUT2D eigenvalue weighted by molar-refractivity contribution is -0.383. The first-order chi connectivity index (χ1) is 12.3. The Morgan fingerprint density at radius 2 is 1.92 bits per heavy atom. The summed E-state index contributed by atoms with van der Waals surface area (Å²) < 4.78 is 0. The average molecular weight is 359 g/mol. The molecule has 1 N–H and O–H groups in total. The third-order valence-corrected chi connectivity index (χ3v) is 5.86. The van der Waals surface area contributed by atoms with Gasteiger partial charge in [0.1, 0.15) is 5.69 Å². The molecule has 0 radical (unpaired) electrons. The van der Waals surface area contributed by atoms with Crippen LogP contribution in [0, 0.1) is 27.9 Å². The second-order valence-corrected chi connectivity index (χ2v) is 7.65. The fourth-order valence-electron chi connectivity index (χ4n) is 3.97. The number of nitrogens with zero attached hydrogens (tertiary/aromatic N) is 2. The molecule has 2 aliphatic rings. The summed E-state index contributed by atoms with van der Waals surface area (Å²) in [6, 6.07) is 4.73. The molecule has 1 aliphatic carbocycles. The van der Waals surface area contributed by atoms with Gasteiger partial charge in [-0.25, -0.2) is 0 Å². The van der Waals surface area contributed by atoms with Crippen LogP contribution in [0.1, 0.15) is 46.5 Å². The number of nitro benzene ring substituents is 1. The van der Waals surface area contributed by atoms with E-state index in [0.717, 1.165) is 17.7 Å². The standard InChI is InChI=1S/C19H25N3O4/c1-11-5-4-6-15(13(11)3)20-16-8-7-14(10-17(16)22(25)26)21-18(23)9-12(2)19(21)24/h7-8,10-13,15,20H,4-6,9H2,1-3H3/t11-,12-,13+,15-/m1/s1. The van der Waals surface area contributed by atoms with Gasteiger partial charge in [-0.15, -0.1) is 0 Å². The van der Waals surface area contributed by atoms with Crippen LogP contribution in [-0.2, 0) is 9.59 Å². The Labute approximate surface area is 152 Å². The largest absolute Gasteiger partial charge is 0.376 e. The van der Waals surface area contributed by atoms with Gasteiger partial charge in [0, 0.05) is 24.4 Å². The summed E-state index contributed by atoms with van der Waals surface area (Å²) >= 11 is 0. The van der Waals surface area contributed by atoms with Crippen LogP contribution in [0.25, 0.3) is 0 Å². The fourth-order valence-corrected chi connectivity index (χ4v) is 3.97. The number of amides is 2. The second-order valence-electron chi connectivity index (χ2n) is 7.65. The highest BCUT2D eigenvalue weighted by atomic mass is 16.6. The molecule has 2 fully saturated rings. The van der Waals surface area contributed by atoms with Gasteiger partial charge in [0.25, 0.3) is 5.69 Å². The molecule has 2 amide bonds. The van der Waals surface area contributed by atoms with Crippen LogP contribution in [0.15, 0.2) is 18.2 Å². The predicted molar refractivity (Wildman–Crippen MR) is 99.0 cm³/mol. The average Bonchev–Trinajstić information content (AvgIpc) is 2.84. The number of carbonyl (C=O) groups excluding carboxylic acids is 2. The molecule has 7 heteroatoms. The summed E-state index contributed by atoms with van der Waals surface area (Å²) in [5.74, 6) is -0.0116. The molecule has 1 aliphatic heterocycles. The number of carbonyl (C=O) groups is 2. The molecule has 1 aromatic carbocycles. The molecule has 0 bridgehead atoms. The molecule has 1 aromatic rings. The number of hydrogen-bond acceptors (Lipinski definition) is 5. The molecule has 3 rings (SSSR count). The molecular weight excluding hydrogens is 334 g/mol. The van der Waals surface area contributed by atoms with Gasteiger partial charge in [0.2, 0.25) is 11.8 Å².